The Bertz CT molecular complexity index is 1340. The van der Waals surface area contributed by atoms with Crippen LogP contribution in [-0.4, -0.2) is 59.9 Å². The van der Waals surface area contributed by atoms with E-state index in [1.54, 1.807) is 38.1 Å². The Morgan fingerprint density at radius 1 is 1.15 bits per heavy atom. The van der Waals surface area contributed by atoms with Gasteiger partial charge in [0.25, 0.3) is 0 Å². The number of carbonyl (C=O) groups is 2. The number of allylic oxidation sites excluding steroid dienone is 1. The molecule has 1 heterocycles. The van der Waals surface area contributed by atoms with Crippen molar-refractivity contribution >= 4 is 17.5 Å². The normalized spacial score (nSPS) is 40.8. The van der Waals surface area contributed by atoms with Crippen molar-refractivity contribution in [3.05, 3.63) is 59.2 Å². The first-order valence-electron chi connectivity index (χ1n) is 14.2. The molecule has 6 rings (SSSR count). The Labute approximate surface area is 235 Å². The molecule has 8 nitrogen and oxygen atoms in total. The van der Waals surface area contributed by atoms with Gasteiger partial charge in [0, 0.05) is 11.5 Å². The lowest BCUT2D eigenvalue weighted by atomic mass is 9.59. The number of fused-ring (bicyclic) bond motifs is 5. The minimum absolute atomic E-state index is 0.0191. The predicted molar refractivity (Wildman–Crippen MR) is 147 cm³/mol. The van der Waals surface area contributed by atoms with E-state index in [1.807, 2.05) is 32.1 Å². The highest BCUT2D eigenvalue weighted by atomic mass is 16.7. The van der Waals surface area contributed by atoms with Gasteiger partial charge in [-0.15, -0.1) is 0 Å². The molecule has 1 spiro atoms. The lowest BCUT2D eigenvalue weighted by Gasteiger charge is -2.52. The van der Waals surface area contributed by atoms with Gasteiger partial charge < -0.3 is 24.2 Å². The van der Waals surface area contributed by atoms with E-state index in [2.05, 4.69) is 19.0 Å². The molecule has 3 fully saturated rings. The summed E-state index contributed by atoms with van der Waals surface area (Å²) >= 11 is 0. The summed E-state index contributed by atoms with van der Waals surface area (Å²) in [5.74, 6) is -1.89. The molecule has 0 radical (unpaired) electrons. The number of benzene rings is 1. The van der Waals surface area contributed by atoms with Gasteiger partial charge in [-0.2, -0.15) is 0 Å². The zero-order chi connectivity index (χ0) is 28.8. The van der Waals surface area contributed by atoms with Crippen LogP contribution in [0.1, 0.15) is 53.5 Å². The number of rotatable bonds is 4. The van der Waals surface area contributed by atoms with Crippen LogP contribution >= 0.6 is 0 Å². The monoisotopic (exact) mass is 549 g/mol. The Morgan fingerprint density at radius 3 is 2.52 bits per heavy atom. The van der Waals surface area contributed by atoms with Gasteiger partial charge in [0.1, 0.15) is 13.2 Å². The molecule has 5 aliphatic rings. The van der Waals surface area contributed by atoms with Crippen molar-refractivity contribution in [3.63, 3.8) is 0 Å². The fourth-order valence-corrected chi connectivity index (χ4v) is 8.36. The smallest absolute Gasteiger partial charge is 0.361 e. The largest absolute Gasteiger partial charge is 0.450 e. The van der Waals surface area contributed by atoms with Crippen LogP contribution in [0.5, 0.6) is 0 Å². The minimum Gasteiger partial charge on any atom is -0.450 e. The van der Waals surface area contributed by atoms with Gasteiger partial charge in [-0.1, -0.05) is 68.4 Å². The summed E-state index contributed by atoms with van der Waals surface area (Å²) in [5.41, 5.74) is -1.36. The molecular formula is C32H39NO7. The van der Waals surface area contributed by atoms with Crippen LogP contribution in [0.25, 0.3) is 0 Å². The molecule has 1 saturated heterocycles. The number of hydrogen-bond acceptors (Lipinski definition) is 8. The van der Waals surface area contributed by atoms with Crippen LogP contribution in [0.4, 0.5) is 0 Å². The number of carbonyl (C=O) groups excluding carboxylic acids is 2. The van der Waals surface area contributed by atoms with Crippen molar-refractivity contribution in [2.24, 2.45) is 39.7 Å². The zero-order valence-corrected chi connectivity index (χ0v) is 24.3. The molecule has 2 bridgehead atoms. The third kappa shape index (κ3) is 3.58. The Hall–Kier alpha value is -2.81. The van der Waals surface area contributed by atoms with E-state index in [-0.39, 0.29) is 35.4 Å². The zero-order valence-electron chi connectivity index (χ0n) is 24.3. The summed E-state index contributed by atoms with van der Waals surface area (Å²) < 4.78 is 18.7. The Morgan fingerprint density at radius 2 is 1.85 bits per heavy atom. The van der Waals surface area contributed by atoms with Gasteiger partial charge in [-0.25, -0.2) is 4.79 Å². The first-order chi connectivity index (χ1) is 18.8. The second-order valence-electron chi connectivity index (χ2n) is 13.3. The van der Waals surface area contributed by atoms with E-state index in [0.29, 0.717) is 17.1 Å². The first-order valence-corrected chi connectivity index (χ1v) is 14.2. The molecule has 1 aliphatic heterocycles. The summed E-state index contributed by atoms with van der Waals surface area (Å²) in [6.07, 6.45) is 2.58. The lowest BCUT2D eigenvalue weighted by Crippen LogP contribution is -2.68. The highest BCUT2D eigenvalue weighted by molar-refractivity contribution is 6.43. The number of nitrogens with zero attached hydrogens (tertiary/aromatic N) is 1. The molecule has 8 atom stereocenters. The second kappa shape index (κ2) is 8.84. The average molecular weight is 550 g/mol. The number of esters is 1. The highest BCUT2D eigenvalue weighted by Crippen LogP contribution is 2.72. The van der Waals surface area contributed by atoms with Gasteiger partial charge in [0.15, 0.2) is 29.0 Å². The number of aliphatic hydroxyl groups is 1. The maximum Gasteiger partial charge on any atom is 0.361 e. The summed E-state index contributed by atoms with van der Waals surface area (Å²) in [6.45, 7) is 12.1. The Balaban J connectivity index is 1.49. The molecule has 0 aromatic heterocycles. The topological polar surface area (TPSA) is 104 Å². The third-order valence-electron chi connectivity index (χ3n) is 10.3. The molecule has 40 heavy (non-hydrogen) atoms. The van der Waals surface area contributed by atoms with Crippen molar-refractivity contribution in [1.29, 1.82) is 0 Å². The number of oxime groups is 1. The standard InChI is InChI=1S/C32H39NO7/c1-17-15-31-18(2)13-22-23(29(22,3)4)21(25(31)34)14-20-16-38-30(5,6)40-27(20)32(31,36)26(17)39-28(35)24(33-37-7)19-11-9-8-10-12-19/h8-12,14-15,18,21-23,26-27,36H,13,16H2,1-7H3/b33-24-/t18-,21+,22-,23+,26+,27-,31+,32-/m1/s1. The van der Waals surface area contributed by atoms with Gasteiger partial charge in [-0.05, 0) is 61.5 Å². The fraction of sp³-hybridized carbons (Fsp3) is 0.594. The number of Topliss-reactive ketones (excluding diaryl/α,β-unsaturated/α-hetero) is 1. The molecule has 1 aromatic carbocycles. The molecule has 0 unspecified atom stereocenters. The van der Waals surface area contributed by atoms with Crippen molar-refractivity contribution in [3.8, 4) is 0 Å². The van der Waals surface area contributed by atoms with E-state index in [1.165, 1.54) is 7.11 Å². The van der Waals surface area contributed by atoms with Gasteiger partial charge in [0.2, 0.25) is 0 Å². The van der Waals surface area contributed by atoms with Gasteiger partial charge in [-0.3, -0.25) is 4.79 Å². The number of ether oxygens (including phenoxy) is 3. The maximum atomic E-state index is 14.8. The van der Waals surface area contributed by atoms with Crippen LogP contribution in [0, 0.1) is 34.5 Å². The molecule has 1 N–H and O–H groups in total. The van der Waals surface area contributed by atoms with E-state index >= 15 is 0 Å². The van der Waals surface area contributed by atoms with Crippen LogP contribution in [0.15, 0.2) is 58.8 Å². The van der Waals surface area contributed by atoms with Crippen molar-refractivity contribution in [2.75, 3.05) is 13.7 Å². The van der Waals surface area contributed by atoms with Crippen LogP contribution in [-0.2, 0) is 28.6 Å². The fourth-order valence-electron chi connectivity index (χ4n) is 8.36. The first kappa shape index (κ1) is 27.4. The molecule has 4 aliphatic carbocycles. The molecular weight excluding hydrogens is 510 g/mol. The van der Waals surface area contributed by atoms with E-state index in [4.69, 9.17) is 19.0 Å². The summed E-state index contributed by atoms with van der Waals surface area (Å²) in [4.78, 5) is 33.5. The van der Waals surface area contributed by atoms with Crippen molar-refractivity contribution < 1.29 is 33.7 Å². The van der Waals surface area contributed by atoms with Crippen LogP contribution < -0.4 is 0 Å². The van der Waals surface area contributed by atoms with Gasteiger partial charge in [0.05, 0.1) is 12.0 Å². The predicted octanol–water partition coefficient (Wildman–Crippen LogP) is 4.22. The molecule has 8 heteroatoms. The summed E-state index contributed by atoms with van der Waals surface area (Å²) in [6, 6.07) is 8.88. The third-order valence-corrected chi connectivity index (χ3v) is 10.3. The van der Waals surface area contributed by atoms with Crippen LogP contribution in [0.2, 0.25) is 0 Å². The summed E-state index contributed by atoms with van der Waals surface area (Å²) in [7, 11) is 1.36. The van der Waals surface area contributed by atoms with E-state index < -0.39 is 40.9 Å². The molecule has 2 saturated carbocycles. The molecule has 1 aromatic rings. The second-order valence-corrected chi connectivity index (χ2v) is 13.3. The van der Waals surface area contributed by atoms with Crippen LogP contribution in [0.3, 0.4) is 0 Å². The maximum absolute atomic E-state index is 14.8. The SMILES string of the molecule is CO/N=C(\C(=O)O[C@H]1C(C)=C[C@]23C(=O)[C@@H](C=C4COC(C)(C)O[C@H]4[C@]12O)[C@H]1[C@@H](C[C@H]3C)C1(C)C)c1ccccc1. The van der Waals surface area contributed by atoms with E-state index in [0.717, 1.165) is 12.0 Å². The Kier molecular flexibility index (Phi) is 6.05. The molecule has 0 amide bonds. The minimum atomic E-state index is -1.89. The number of hydrogen-bond donors (Lipinski definition) is 1. The number of ketones is 1. The molecule has 214 valence electrons. The quantitative estimate of drug-likeness (QED) is 0.260. The highest BCUT2D eigenvalue weighted by Gasteiger charge is 2.77. The summed E-state index contributed by atoms with van der Waals surface area (Å²) in [5, 5.41) is 17.1. The van der Waals surface area contributed by atoms with Crippen molar-refractivity contribution in [1.82, 2.24) is 0 Å². The average Bonchev–Trinajstić information content (AvgIpc) is 3.40. The lowest BCUT2D eigenvalue weighted by molar-refractivity contribution is -0.303. The van der Waals surface area contributed by atoms with Crippen molar-refractivity contribution in [2.45, 2.75) is 71.6 Å². The van der Waals surface area contributed by atoms with Gasteiger partial charge >= 0.3 is 5.97 Å². The van der Waals surface area contributed by atoms with E-state index in [9.17, 15) is 14.7 Å².